The highest BCUT2D eigenvalue weighted by Gasteiger charge is 2.65. The number of carbonyl (C=O) groups is 2. The molecule has 4 aliphatic carbocycles. The normalized spacial score (nSPS) is 40.9. The molecule has 1 heterocycles. The van der Waals surface area contributed by atoms with Crippen LogP contribution in [0.5, 0.6) is 0 Å². The second-order valence-corrected chi connectivity index (χ2v) is 11.2. The second-order valence-electron chi connectivity index (χ2n) is 11.2. The SMILES string of the molecule is CC1CNCCC1OC(=O)NOC(=O)C12CC3CC(C)(C1)CC(c1ccccc1)(C3)C2. The number of rotatable bonds is 3. The van der Waals surface area contributed by atoms with Crippen molar-refractivity contribution in [1.29, 1.82) is 0 Å². The molecular formula is C25H34N2O4. The zero-order valence-corrected chi connectivity index (χ0v) is 18.6. The number of ether oxygens (including phenoxy) is 1. The molecule has 4 saturated carbocycles. The Bertz CT molecular complexity index is 860. The Kier molecular flexibility index (Phi) is 5.04. The van der Waals surface area contributed by atoms with E-state index in [1.54, 1.807) is 0 Å². The van der Waals surface area contributed by atoms with Crippen molar-refractivity contribution in [2.24, 2.45) is 22.7 Å². The maximum atomic E-state index is 13.4. The van der Waals surface area contributed by atoms with E-state index in [4.69, 9.17) is 9.57 Å². The summed E-state index contributed by atoms with van der Waals surface area (Å²) in [7, 11) is 0. The Balaban J connectivity index is 1.29. The van der Waals surface area contributed by atoms with Crippen molar-refractivity contribution in [3.8, 4) is 0 Å². The van der Waals surface area contributed by atoms with Gasteiger partial charge in [-0.15, -0.1) is 5.48 Å². The number of benzene rings is 1. The van der Waals surface area contributed by atoms with Gasteiger partial charge in [-0.25, -0.2) is 9.59 Å². The summed E-state index contributed by atoms with van der Waals surface area (Å²) in [6.45, 7) is 6.03. The summed E-state index contributed by atoms with van der Waals surface area (Å²) in [6, 6.07) is 10.7. The standard InChI is InChI=1S/C25H34N2O4/c1-17-13-26-9-8-20(17)30-22(29)27-31-21(28)25-12-18-10-23(2,15-25)14-24(11-18,16-25)19-6-4-3-5-7-19/h3-7,17-18,20,26H,8-16H2,1-2H3,(H,27,29). The highest BCUT2D eigenvalue weighted by molar-refractivity contribution is 5.79. The fourth-order valence-corrected chi connectivity index (χ4v) is 7.79. The van der Waals surface area contributed by atoms with Crippen LogP contribution in [0, 0.1) is 22.7 Å². The van der Waals surface area contributed by atoms with Crippen LogP contribution in [0.15, 0.2) is 30.3 Å². The van der Waals surface area contributed by atoms with Gasteiger partial charge in [0.05, 0.1) is 5.41 Å². The van der Waals surface area contributed by atoms with Gasteiger partial charge in [0.25, 0.3) is 0 Å². The van der Waals surface area contributed by atoms with Gasteiger partial charge in [0.1, 0.15) is 6.10 Å². The van der Waals surface area contributed by atoms with Crippen molar-refractivity contribution in [3.63, 3.8) is 0 Å². The summed E-state index contributed by atoms with van der Waals surface area (Å²) >= 11 is 0. The summed E-state index contributed by atoms with van der Waals surface area (Å²) < 4.78 is 5.51. The molecule has 1 saturated heterocycles. The Labute approximate surface area is 184 Å². The van der Waals surface area contributed by atoms with E-state index >= 15 is 0 Å². The lowest BCUT2D eigenvalue weighted by molar-refractivity contribution is -0.189. The highest BCUT2D eigenvalue weighted by Crippen LogP contribution is 2.70. The molecule has 0 radical (unpaired) electrons. The number of nitrogens with one attached hydrogen (secondary N) is 2. The monoisotopic (exact) mass is 426 g/mol. The van der Waals surface area contributed by atoms with Crippen LogP contribution in [0.1, 0.15) is 64.4 Å². The first kappa shape index (κ1) is 20.8. The highest BCUT2D eigenvalue weighted by atomic mass is 16.7. The van der Waals surface area contributed by atoms with Gasteiger partial charge < -0.3 is 14.9 Å². The molecule has 1 aromatic carbocycles. The van der Waals surface area contributed by atoms with Crippen LogP contribution in [-0.4, -0.2) is 31.3 Å². The van der Waals surface area contributed by atoms with Crippen molar-refractivity contribution in [2.75, 3.05) is 13.1 Å². The van der Waals surface area contributed by atoms with Gasteiger partial charge in [-0.2, -0.15) is 0 Å². The summed E-state index contributed by atoms with van der Waals surface area (Å²) in [6.07, 6.45) is 5.90. The van der Waals surface area contributed by atoms with Crippen LogP contribution < -0.4 is 10.8 Å². The minimum atomic E-state index is -0.666. The zero-order valence-electron chi connectivity index (χ0n) is 18.6. The largest absolute Gasteiger partial charge is 0.444 e. The molecule has 6 nitrogen and oxygen atoms in total. The fourth-order valence-electron chi connectivity index (χ4n) is 7.79. The average Bonchev–Trinajstić information content (AvgIpc) is 2.72. The Morgan fingerprint density at radius 3 is 2.65 bits per heavy atom. The van der Waals surface area contributed by atoms with E-state index < -0.39 is 11.5 Å². The van der Waals surface area contributed by atoms with E-state index in [-0.39, 0.29) is 28.8 Å². The number of carbonyl (C=O) groups excluding carboxylic acids is 2. The zero-order chi connectivity index (χ0) is 21.7. The second kappa shape index (κ2) is 7.51. The van der Waals surface area contributed by atoms with Gasteiger partial charge in [-0.3, -0.25) is 0 Å². The number of amides is 1. The Hall–Kier alpha value is -2.08. The molecule has 1 aliphatic heterocycles. The molecule has 6 heteroatoms. The van der Waals surface area contributed by atoms with Crippen LogP contribution >= 0.6 is 0 Å². The van der Waals surface area contributed by atoms with E-state index in [0.717, 1.165) is 51.6 Å². The first-order valence-corrected chi connectivity index (χ1v) is 11.8. The molecular weight excluding hydrogens is 392 g/mol. The van der Waals surface area contributed by atoms with Gasteiger partial charge >= 0.3 is 12.1 Å². The molecule has 1 aromatic rings. The number of hydrogen-bond acceptors (Lipinski definition) is 5. The molecule has 1 amide bonds. The van der Waals surface area contributed by atoms with Crippen LogP contribution in [0.4, 0.5) is 4.79 Å². The van der Waals surface area contributed by atoms with Gasteiger partial charge in [0.2, 0.25) is 0 Å². The molecule has 6 rings (SSSR count). The number of hydroxylamine groups is 1. The quantitative estimate of drug-likeness (QED) is 0.712. The minimum Gasteiger partial charge on any atom is -0.444 e. The predicted octanol–water partition coefficient (Wildman–Crippen LogP) is 4.10. The Morgan fingerprint density at radius 2 is 1.90 bits per heavy atom. The van der Waals surface area contributed by atoms with Crippen LogP contribution in [-0.2, 0) is 19.8 Å². The maximum Gasteiger partial charge on any atom is 0.440 e. The number of hydrogen-bond donors (Lipinski definition) is 2. The first-order valence-electron chi connectivity index (χ1n) is 11.8. The molecule has 5 fully saturated rings. The predicted molar refractivity (Wildman–Crippen MR) is 116 cm³/mol. The van der Waals surface area contributed by atoms with E-state index in [1.165, 1.54) is 12.0 Å². The summed E-state index contributed by atoms with van der Waals surface area (Å²) in [5, 5.41) is 3.29. The van der Waals surface area contributed by atoms with Crippen molar-refractivity contribution in [2.45, 2.75) is 70.3 Å². The van der Waals surface area contributed by atoms with E-state index in [1.807, 2.05) is 0 Å². The van der Waals surface area contributed by atoms with Gasteiger partial charge in [0, 0.05) is 12.5 Å². The topological polar surface area (TPSA) is 76.7 Å². The van der Waals surface area contributed by atoms with Gasteiger partial charge in [-0.1, -0.05) is 44.2 Å². The van der Waals surface area contributed by atoms with Crippen molar-refractivity contribution >= 4 is 12.1 Å². The van der Waals surface area contributed by atoms with Crippen LogP contribution in [0.3, 0.4) is 0 Å². The lowest BCUT2D eigenvalue weighted by atomic mass is 9.39. The fraction of sp³-hybridized carbons (Fsp3) is 0.680. The first-order chi connectivity index (χ1) is 14.8. The molecule has 0 aromatic heterocycles. The average molecular weight is 427 g/mol. The minimum absolute atomic E-state index is 0.0273. The van der Waals surface area contributed by atoms with Crippen molar-refractivity contribution < 1.29 is 19.2 Å². The Morgan fingerprint density at radius 1 is 1.10 bits per heavy atom. The lowest BCUT2D eigenvalue weighted by Crippen LogP contribution is -2.61. The molecule has 6 atom stereocenters. The molecule has 5 aliphatic rings. The molecule has 2 N–H and O–H groups in total. The smallest absolute Gasteiger partial charge is 0.440 e. The maximum absolute atomic E-state index is 13.4. The third-order valence-corrected chi connectivity index (χ3v) is 8.36. The summed E-state index contributed by atoms with van der Waals surface area (Å²) in [5.74, 6) is 0.471. The number of piperidine rings is 1. The molecule has 4 bridgehead atoms. The molecule has 6 unspecified atom stereocenters. The van der Waals surface area contributed by atoms with Crippen LogP contribution in [0.25, 0.3) is 0 Å². The van der Waals surface area contributed by atoms with Gasteiger partial charge in [0.15, 0.2) is 0 Å². The summed E-state index contributed by atoms with van der Waals surface area (Å²) in [5.41, 5.74) is 3.29. The van der Waals surface area contributed by atoms with E-state index in [0.29, 0.717) is 5.92 Å². The van der Waals surface area contributed by atoms with Gasteiger partial charge in [-0.05, 0) is 73.8 Å². The van der Waals surface area contributed by atoms with E-state index in [2.05, 4.69) is 55.0 Å². The molecule has 31 heavy (non-hydrogen) atoms. The lowest BCUT2D eigenvalue weighted by Gasteiger charge is -2.65. The molecule has 168 valence electrons. The summed E-state index contributed by atoms with van der Waals surface area (Å²) in [4.78, 5) is 31.1. The third kappa shape index (κ3) is 3.73. The van der Waals surface area contributed by atoms with E-state index in [9.17, 15) is 9.59 Å². The van der Waals surface area contributed by atoms with Crippen LogP contribution in [0.2, 0.25) is 0 Å². The molecule has 0 spiro atoms. The van der Waals surface area contributed by atoms with Crippen molar-refractivity contribution in [1.82, 2.24) is 10.8 Å². The van der Waals surface area contributed by atoms with Crippen molar-refractivity contribution in [3.05, 3.63) is 35.9 Å². The third-order valence-electron chi connectivity index (χ3n) is 8.36.